The number of benzene rings is 1. The number of anilines is 1. The van der Waals surface area contributed by atoms with Crippen molar-refractivity contribution in [2.75, 3.05) is 11.9 Å². The molecule has 0 atom stereocenters. The summed E-state index contributed by atoms with van der Waals surface area (Å²) in [6, 6.07) is 11.3. The van der Waals surface area contributed by atoms with E-state index in [0.717, 1.165) is 5.56 Å². The first-order valence-corrected chi connectivity index (χ1v) is 6.76. The Kier molecular flexibility index (Phi) is 4.59. The van der Waals surface area contributed by atoms with Gasteiger partial charge in [-0.1, -0.05) is 30.3 Å². The first-order valence-electron chi connectivity index (χ1n) is 6.76. The number of carbonyl (C=O) groups excluding carboxylic acids is 1. The molecule has 0 fully saturated rings. The van der Waals surface area contributed by atoms with Gasteiger partial charge in [0, 0.05) is 12.3 Å². The van der Waals surface area contributed by atoms with Gasteiger partial charge in [-0.2, -0.15) is 5.10 Å². The summed E-state index contributed by atoms with van der Waals surface area (Å²) in [6.45, 7) is 3.98. The van der Waals surface area contributed by atoms with Crippen LogP contribution in [-0.2, 0) is 6.54 Å². The standard InChI is InChI=1S/C15H20N4O2/c1-15(2,11-20)17-14(21)16-13-8-9-19(18-13)10-12-6-4-3-5-7-12/h3-9,20H,10-11H2,1-2H3,(H2,16,17,18,21). The number of hydrogen-bond donors (Lipinski definition) is 3. The lowest BCUT2D eigenvalue weighted by Crippen LogP contribution is -2.48. The maximum atomic E-state index is 11.8. The average molecular weight is 288 g/mol. The molecule has 0 aliphatic carbocycles. The third-order valence-electron chi connectivity index (χ3n) is 2.92. The molecule has 0 bridgehead atoms. The molecule has 0 unspecified atom stereocenters. The number of amides is 2. The Morgan fingerprint density at radius 2 is 2.00 bits per heavy atom. The van der Waals surface area contributed by atoms with Crippen LogP contribution in [0.4, 0.5) is 10.6 Å². The van der Waals surface area contributed by atoms with Gasteiger partial charge in [-0.25, -0.2) is 4.79 Å². The van der Waals surface area contributed by atoms with E-state index in [4.69, 9.17) is 5.11 Å². The number of aliphatic hydroxyl groups excluding tert-OH is 1. The summed E-state index contributed by atoms with van der Waals surface area (Å²) < 4.78 is 1.75. The monoisotopic (exact) mass is 288 g/mol. The highest BCUT2D eigenvalue weighted by Crippen LogP contribution is 2.07. The van der Waals surface area contributed by atoms with Crippen LogP contribution in [0, 0.1) is 0 Å². The van der Waals surface area contributed by atoms with Gasteiger partial charge in [0.05, 0.1) is 18.7 Å². The largest absolute Gasteiger partial charge is 0.394 e. The zero-order valence-corrected chi connectivity index (χ0v) is 12.2. The molecule has 0 saturated carbocycles. The van der Waals surface area contributed by atoms with Crippen LogP contribution in [0.5, 0.6) is 0 Å². The smallest absolute Gasteiger partial charge is 0.320 e. The second-order valence-corrected chi connectivity index (χ2v) is 5.51. The number of nitrogens with zero attached hydrogens (tertiary/aromatic N) is 2. The molecule has 2 amide bonds. The van der Waals surface area contributed by atoms with Gasteiger partial charge >= 0.3 is 6.03 Å². The molecule has 2 rings (SSSR count). The highest BCUT2D eigenvalue weighted by Gasteiger charge is 2.19. The molecule has 2 aromatic rings. The zero-order chi connectivity index (χ0) is 15.3. The number of urea groups is 1. The fourth-order valence-corrected chi connectivity index (χ4v) is 1.78. The van der Waals surface area contributed by atoms with Crippen molar-refractivity contribution in [2.24, 2.45) is 0 Å². The summed E-state index contributed by atoms with van der Waals surface area (Å²) in [4.78, 5) is 11.8. The van der Waals surface area contributed by atoms with E-state index in [2.05, 4.69) is 15.7 Å². The van der Waals surface area contributed by atoms with Crippen LogP contribution >= 0.6 is 0 Å². The Hall–Kier alpha value is -2.34. The lowest BCUT2D eigenvalue weighted by Gasteiger charge is -2.23. The average Bonchev–Trinajstić information content (AvgIpc) is 2.86. The lowest BCUT2D eigenvalue weighted by atomic mass is 10.1. The second kappa shape index (κ2) is 6.41. The van der Waals surface area contributed by atoms with Gasteiger partial charge in [0.1, 0.15) is 0 Å². The molecule has 112 valence electrons. The van der Waals surface area contributed by atoms with Crippen molar-refractivity contribution in [3.63, 3.8) is 0 Å². The van der Waals surface area contributed by atoms with Gasteiger partial charge in [-0.3, -0.25) is 10.00 Å². The van der Waals surface area contributed by atoms with Crippen LogP contribution < -0.4 is 10.6 Å². The number of aliphatic hydroxyl groups is 1. The maximum absolute atomic E-state index is 11.8. The quantitative estimate of drug-likeness (QED) is 0.785. The summed E-state index contributed by atoms with van der Waals surface area (Å²) >= 11 is 0. The predicted molar refractivity (Wildman–Crippen MR) is 81.1 cm³/mol. The van der Waals surface area contributed by atoms with E-state index in [1.807, 2.05) is 30.3 Å². The first kappa shape index (κ1) is 15.1. The van der Waals surface area contributed by atoms with Crippen molar-refractivity contribution < 1.29 is 9.90 Å². The van der Waals surface area contributed by atoms with E-state index in [0.29, 0.717) is 12.4 Å². The Morgan fingerprint density at radius 3 is 2.67 bits per heavy atom. The molecule has 0 saturated heterocycles. The topological polar surface area (TPSA) is 79.2 Å². The van der Waals surface area contributed by atoms with Crippen LogP contribution in [0.1, 0.15) is 19.4 Å². The number of hydrogen-bond acceptors (Lipinski definition) is 3. The predicted octanol–water partition coefficient (Wildman–Crippen LogP) is 1.82. The number of nitrogens with one attached hydrogen (secondary N) is 2. The van der Waals surface area contributed by atoms with Crippen molar-refractivity contribution in [3.05, 3.63) is 48.2 Å². The van der Waals surface area contributed by atoms with E-state index >= 15 is 0 Å². The number of rotatable bonds is 5. The third-order valence-corrected chi connectivity index (χ3v) is 2.92. The second-order valence-electron chi connectivity index (χ2n) is 5.51. The van der Waals surface area contributed by atoms with Crippen molar-refractivity contribution >= 4 is 11.8 Å². The minimum Gasteiger partial charge on any atom is -0.394 e. The number of aromatic nitrogens is 2. The van der Waals surface area contributed by atoms with Crippen molar-refractivity contribution in [2.45, 2.75) is 25.9 Å². The normalized spacial score (nSPS) is 11.2. The summed E-state index contributed by atoms with van der Waals surface area (Å²) in [5.74, 6) is 0.470. The fourth-order valence-electron chi connectivity index (χ4n) is 1.78. The molecule has 1 aromatic heterocycles. The molecule has 0 spiro atoms. The third kappa shape index (κ3) is 4.61. The van der Waals surface area contributed by atoms with Crippen LogP contribution in [0.3, 0.4) is 0 Å². The van der Waals surface area contributed by atoms with E-state index in [-0.39, 0.29) is 12.6 Å². The molecule has 3 N–H and O–H groups in total. The Bertz CT molecular complexity index is 593. The van der Waals surface area contributed by atoms with E-state index in [1.165, 1.54) is 0 Å². The summed E-state index contributed by atoms with van der Waals surface area (Å²) in [5.41, 5.74) is 0.467. The van der Waals surface area contributed by atoms with Gasteiger partial charge in [-0.05, 0) is 19.4 Å². The van der Waals surface area contributed by atoms with Crippen molar-refractivity contribution in [1.82, 2.24) is 15.1 Å². The summed E-state index contributed by atoms with van der Waals surface area (Å²) in [5, 5.41) is 18.7. The molecule has 1 heterocycles. The highest BCUT2D eigenvalue weighted by atomic mass is 16.3. The Morgan fingerprint density at radius 1 is 1.29 bits per heavy atom. The maximum Gasteiger partial charge on any atom is 0.320 e. The van der Waals surface area contributed by atoms with Crippen molar-refractivity contribution in [1.29, 1.82) is 0 Å². The Balaban J connectivity index is 1.93. The van der Waals surface area contributed by atoms with E-state index in [1.54, 1.807) is 30.8 Å². The van der Waals surface area contributed by atoms with Crippen LogP contribution in [0.25, 0.3) is 0 Å². The van der Waals surface area contributed by atoms with Gasteiger partial charge in [0.15, 0.2) is 5.82 Å². The zero-order valence-electron chi connectivity index (χ0n) is 12.2. The first-order chi connectivity index (χ1) is 9.98. The molecule has 0 aliphatic rings. The van der Waals surface area contributed by atoms with Gasteiger partial charge in [0.2, 0.25) is 0 Å². The Labute approximate surface area is 123 Å². The molecule has 21 heavy (non-hydrogen) atoms. The van der Waals surface area contributed by atoms with Gasteiger partial charge in [0.25, 0.3) is 0 Å². The molecule has 1 aromatic carbocycles. The highest BCUT2D eigenvalue weighted by molar-refractivity contribution is 5.88. The number of carbonyl (C=O) groups is 1. The van der Waals surface area contributed by atoms with Crippen molar-refractivity contribution in [3.8, 4) is 0 Å². The summed E-state index contributed by atoms with van der Waals surface area (Å²) in [6.07, 6.45) is 1.81. The van der Waals surface area contributed by atoms with E-state index < -0.39 is 5.54 Å². The van der Waals surface area contributed by atoms with Crippen LogP contribution in [0.15, 0.2) is 42.6 Å². The van der Waals surface area contributed by atoms with Gasteiger partial charge in [-0.15, -0.1) is 0 Å². The van der Waals surface area contributed by atoms with Crippen LogP contribution in [0.2, 0.25) is 0 Å². The van der Waals surface area contributed by atoms with E-state index in [9.17, 15) is 4.79 Å². The minimum absolute atomic E-state index is 0.136. The molecule has 6 nitrogen and oxygen atoms in total. The molecule has 6 heteroatoms. The molecule has 0 radical (unpaired) electrons. The molecular formula is C15H20N4O2. The van der Waals surface area contributed by atoms with Gasteiger partial charge < -0.3 is 10.4 Å². The van der Waals surface area contributed by atoms with Crippen LogP contribution in [-0.4, -0.2) is 33.1 Å². The molecule has 0 aliphatic heterocycles. The lowest BCUT2D eigenvalue weighted by molar-refractivity contribution is 0.187. The minimum atomic E-state index is -0.670. The molecular weight excluding hydrogens is 268 g/mol. The fraction of sp³-hybridized carbons (Fsp3) is 0.333. The SMILES string of the molecule is CC(C)(CO)NC(=O)Nc1ccn(Cc2ccccc2)n1. The summed E-state index contributed by atoms with van der Waals surface area (Å²) in [7, 11) is 0.